The van der Waals surface area contributed by atoms with E-state index in [0.29, 0.717) is 0 Å². The summed E-state index contributed by atoms with van der Waals surface area (Å²) in [5.41, 5.74) is 1.39. The van der Waals surface area contributed by atoms with Gasteiger partial charge in [0.05, 0.1) is 0 Å². The van der Waals surface area contributed by atoms with Crippen molar-refractivity contribution in [2.24, 2.45) is 0 Å². The van der Waals surface area contributed by atoms with Crippen LogP contribution in [0.15, 0.2) is 24.3 Å². The second-order valence-corrected chi connectivity index (χ2v) is 7.98. The fourth-order valence-corrected chi connectivity index (χ4v) is 6.29. The highest BCUT2D eigenvalue weighted by Crippen LogP contribution is 2.35. The van der Waals surface area contributed by atoms with Gasteiger partial charge in [0.25, 0.3) is 14.1 Å². The van der Waals surface area contributed by atoms with Gasteiger partial charge in [-0.05, 0) is 12.1 Å². The van der Waals surface area contributed by atoms with Gasteiger partial charge in [-0.2, -0.15) is 0 Å². The molecule has 0 bridgehead atoms. The van der Waals surface area contributed by atoms with Crippen molar-refractivity contribution in [2.75, 3.05) is 0 Å². The molecule has 1 saturated heterocycles. The molecule has 1 aromatic rings. The third-order valence-corrected chi connectivity index (χ3v) is 7.54. The van der Waals surface area contributed by atoms with Crippen LogP contribution in [-0.2, 0) is 0 Å². The molecule has 0 saturated carbocycles. The van der Waals surface area contributed by atoms with E-state index in [1.807, 2.05) is 12.1 Å². The van der Waals surface area contributed by atoms with Gasteiger partial charge in [0, 0.05) is 0 Å². The highest BCUT2D eigenvalue weighted by molar-refractivity contribution is 6.61. The molecule has 1 heterocycles. The Labute approximate surface area is 89.5 Å². The maximum absolute atomic E-state index is 12.8. The Kier molecular flexibility index (Phi) is 3.26. The SMILES string of the molecule is C[CH2][Al]1[CH2]CC[CH]1c1ccc(F)cc1. The summed E-state index contributed by atoms with van der Waals surface area (Å²) in [7, 11) is 0. The van der Waals surface area contributed by atoms with Crippen LogP contribution in [0, 0.1) is 5.82 Å². The molecule has 0 radical (unpaired) electrons. The van der Waals surface area contributed by atoms with Crippen LogP contribution in [0.2, 0.25) is 10.6 Å². The van der Waals surface area contributed by atoms with Crippen LogP contribution in [0.5, 0.6) is 0 Å². The van der Waals surface area contributed by atoms with Crippen molar-refractivity contribution in [3.05, 3.63) is 35.6 Å². The molecule has 1 unspecified atom stereocenters. The van der Waals surface area contributed by atoms with Crippen LogP contribution in [0.4, 0.5) is 4.39 Å². The Hall–Kier alpha value is -0.318. The minimum absolute atomic E-state index is 0.110. The first-order chi connectivity index (χ1) is 6.81. The Morgan fingerprint density at radius 2 is 2.07 bits per heavy atom. The molecule has 1 fully saturated rings. The van der Waals surface area contributed by atoms with E-state index < -0.39 is 14.1 Å². The van der Waals surface area contributed by atoms with E-state index in [1.165, 1.54) is 29.0 Å². The smallest absolute Gasteiger partial charge is 0.207 e. The first kappa shape index (κ1) is 10.2. The quantitative estimate of drug-likeness (QED) is 0.646. The molecule has 1 aliphatic heterocycles. The normalized spacial score (nSPS) is 21.6. The fraction of sp³-hybridized carbons (Fsp3) is 0.500. The van der Waals surface area contributed by atoms with E-state index in [4.69, 9.17) is 0 Å². The molecular weight excluding hydrogens is 190 g/mol. The van der Waals surface area contributed by atoms with Gasteiger partial charge in [-0.1, -0.05) is 52.8 Å². The minimum atomic E-state index is -0.540. The third-order valence-electron chi connectivity index (χ3n) is 3.48. The predicted octanol–water partition coefficient (Wildman–Crippen LogP) is 3.76. The van der Waals surface area contributed by atoms with E-state index in [1.54, 1.807) is 12.1 Å². The summed E-state index contributed by atoms with van der Waals surface area (Å²) in [5.74, 6) is -0.110. The number of halogens is 1. The summed E-state index contributed by atoms with van der Waals surface area (Å²) in [5, 5.41) is 2.88. The van der Waals surface area contributed by atoms with Crippen molar-refractivity contribution in [1.29, 1.82) is 0 Å². The van der Waals surface area contributed by atoms with Gasteiger partial charge in [-0.25, -0.2) is 4.39 Å². The zero-order valence-electron chi connectivity index (χ0n) is 8.67. The van der Waals surface area contributed by atoms with Gasteiger partial charge < -0.3 is 0 Å². The van der Waals surface area contributed by atoms with Crippen molar-refractivity contribution < 1.29 is 4.39 Å². The molecule has 2 rings (SSSR count). The molecule has 1 atom stereocenters. The van der Waals surface area contributed by atoms with Crippen LogP contribution in [0.1, 0.15) is 30.1 Å². The molecule has 0 N–H and O–H groups in total. The van der Waals surface area contributed by atoms with Crippen molar-refractivity contribution in [2.45, 2.75) is 35.1 Å². The highest BCUT2D eigenvalue weighted by atomic mass is 27.2. The molecule has 1 aliphatic rings. The van der Waals surface area contributed by atoms with E-state index in [2.05, 4.69) is 6.92 Å². The standard InChI is InChI=1S/C10H11F.C2H5.Al/c1-2-3-4-9-5-7-10(11)8-6-9;1-2;/h4-8H,1-3H2;1H2,2H3;. The topological polar surface area (TPSA) is 0 Å². The minimum Gasteiger partial charge on any atom is -0.207 e. The van der Waals surface area contributed by atoms with Crippen molar-refractivity contribution >= 4 is 14.1 Å². The van der Waals surface area contributed by atoms with Gasteiger partial charge in [0.15, 0.2) is 0 Å². The monoisotopic (exact) mass is 206 g/mol. The van der Waals surface area contributed by atoms with Crippen LogP contribution < -0.4 is 0 Å². The van der Waals surface area contributed by atoms with E-state index >= 15 is 0 Å². The lowest BCUT2D eigenvalue weighted by Crippen LogP contribution is -2.15. The highest BCUT2D eigenvalue weighted by Gasteiger charge is 2.32. The van der Waals surface area contributed by atoms with E-state index in [-0.39, 0.29) is 5.82 Å². The molecule has 2 heteroatoms. The van der Waals surface area contributed by atoms with Gasteiger partial charge in [0.2, 0.25) is 0 Å². The maximum atomic E-state index is 12.8. The zero-order valence-corrected chi connectivity index (χ0v) is 9.83. The fourth-order valence-electron chi connectivity index (χ4n) is 2.67. The van der Waals surface area contributed by atoms with Crippen LogP contribution >= 0.6 is 0 Å². The Bertz CT molecular complexity index is 294. The third kappa shape index (κ3) is 2.02. The van der Waals surface area contributed by atoms with Crippen molar-refractivity contribution in [3.8, 4) is 0 Å². The average molecular weight is 206 g/mol. The summed E-state index contributed by atoms with van der Waals surface area (Å²) < 4.78 is 13.6. The Morgan fingerprint density at radius 3 is 2.71 bits per heavy atom. The predicted molar refractivity (Wildman–Crippen MR) is 59.4 cm³/mol. The van der Waals surface area contributed by atoms with Gasteiger partial charge in [-0.3, -0.25) is 0 Å². The molecule has 74 valence electrons. The van der Waals surface area contributed by atoms with Crippen molar-refractivity contribution in [3.63, 3.8) is 0 Å². The van der Waals surface area contributed by atoms with Crippen LogP contribution in [0.3, 0.4) is 0 Å². The Morgan fingerprint density at radius 1 is 1.36 bits per heavy atom. The lowest BCUT2D eigenvalue weighted by atomic mass is 10.1. The number of hydrogen-bond donors (Lipinski definition) is 0. The number of hydrogen-bond acceptors (Lipinski definition) is 0. The largest absolute Gasteiger partial charge is 0.271 e. The lowest BCUT2D eigenvalue weighted by molar-refractivity contribution is 0.626. The second-order valence-electron chi connectivity index (χ2n) is 4.26. The molecule has 0 aromatic heterocycles. The molecule has 0 nitrogen and oxygen atoms in total. The Balaban J connectivity index is 2.17. The van der Waals surface area contributed by atoms with E-state index in [9.17, 15) is 4.39 Å². The molecule has 0 amide bonds. The van der Waals surface area contributed by atoms with Crippen LogP contribution in [0.25, 0.3) is 0 Å². The van der Waals surface area contributed by atoms with E-state index in [0.717, 1.165) is 4.78 Å². The lowest BCUT2D eigenvalue weighted by Gasteiger charge is -2.14. The summed E-state index contributed by atoms with van der Waals surface area (Å²) in [6.45, 7) is 2.32. The summed E-state index contributed by atoms with van der Waals surface area (Å²) in [4.78, 5) is 0. The number of benzene rings is 1. The average Bonchev–Trinajstić information content (AvgIpc) is 2.67. The number of rotatable bonds is 2. The molecule has 1 aromatic carbocycles. The molecule has 14 heavy (non-hydrogen) atoms. The maximum Gasteiger partial charge on any atom is 0.271 e. The second kappa shape index (κ2) is 4.47. The molecule has 0 aliphatic carbocycles. The summed E-state index contributed by atoms with van der Waals surface area (Å²) in [6.07, 6.45) is 2.74. The molecular formula is C12H16AlF. The molecule has 0 spiro atoms. The summed E-state index contributed by atoms with van der Waals surface area (Å²) >= 11 is -0.540. The zero-order chi connectivity index (χ0) is 9.97. The summed E-state index contributed by atoms with van der Waals surface area (Å²) in [6, 6.07) is 7.19. The van der Waals surface area contributed by atoms with Gasteiger partial charge >= 0.3 is 0 Å². The first-order valence-electron chi connectivity index (χ1n) is 5.56. The van der Waals surface area contributed by atoms with Crippen LogP contribution in [-0.4, -0.2) is 14.1 Å². The van der Waals surface area contributed by atoms with Gasteiger partial charge in [0.1, 0.15) is 5.82 Å². The first-order valence-corrected chi connectivity index (χ1v) is 7.86. The van der Waals surface area contributed by atoms with Crippen molar-refractivity contribution in [1.82, 2.24) is 0 Å². The van der Waals surface area contributed by atoms with Gasteiger partial charge in [-0.15, -0.1) is 0 Å².